The fourth-order valence-electron chi connectivity index (χ4n) is 7.09. The van der Waals surface area contributed by atoms with Crippen LogP contribution in [0.4, 0.5) is 14.6 Å². The van der Waals surface area contributed by atoms with Crippen molar-refractivity contribution in [2.45, 2.75) is 43.8 Å². The molecule has 3 aliphatic heterocycles. The largest absolute Gasteiger partial charge is 0.369 e. The number of hydrogen-bond acceptors (Lipinski definition) is 8. The zero-order chi connectivity index (χ0) is 32.9. The third-order valence-corrected chi connectivity index (χ3v) is 10.6. The Morgan fingerprint density at radius 1 is 1.09 bits per heavy atom. The number of thioether (sulfide) groups is 1. The Morgan fingerprint density at radius 2 is 1.80 bits per heavy atom. The highest BCUT2D eigenvalue weighted by molar-refractivity contribution is 7.99. The molecule has 46 heavy (non-hydrogen) atoms. The van der Waals surface area contributed by atoms with Crippen LogP contribution in [0, 0.1) is 18.6 Å². The first kappa shape index (κ1) is 32.1. The quantitative estimate of drug-likeness (QED) is 0.389. The normalized spacial score (nSPS) is 22.3. The number of piperazine rings is 2. The third kappa shape index (κ3) is 5.91. The van der Waals surface area contributed by atoms with E-state index >= 15 is 4.39 Å². The van der Waals surface area contributed by atoms with E-state index in [-0.39, 0.29) is 47.7 Å². The first-order valence-electron chi connectivity index (χ1n) is 15.6. The number of primary amides is 1. The zero-order valence-corrected chi connectivity index (χ0v) is 27.2. The topological polar surface area (TPSA) is 108 Å². The smallest absolute Gasteiger partial charge is 0.350 e. The number of benzene rings is 2. The lowest BCUT2D eigenvalue weighted by Crippen LogP contribution is -2.58. The van der Waals surface area contributed by atoms with E-state index in [1.807, 2.05) is 31.7 Å². The average molecular weight is 652 g/mol. The van der Waals surface area contributed by atoms with Crippen LogP contribution in [0.3, 0.4) is 0 Å². The predicted octanol–water partition coefficient (Wildman–Crippen LogP) is 3.01. The molecule has 2 N–H and O–H groups in total. The Hall–Kier alpha value is -3.81. The summed E-state index contributed by atoms with van der Waals surface area (Å²) in [7, 11) is 0. The number of nitrogens with two attached hydrogens (primary N) is 1. The molecule has 6 rings (SSSR count). The lowest BCUT2D eigenvalue weighted by Gasteiger charge is -2.45. The number of anilines is 1. The molecule has 2 saturated heterocycles. The van der Waals surface area contributed by atoms with E-state index in [1.165, 1.54) is 18.2 Å². The molecule has 244 valence electrons. The van der Waals surface area contributed by atoms with Crippen LogP contribution in [-0.4, -0.2) is 106 Å². The number of rotatable bonds is 7. The van der Waals surface area contributed by atoms with Crippen LogP contribution in [0.1, 0.15) is 25.5 Å². The van der Waals surface area contributed by atoms with Gasteiger partial charge in [0.15, 0.2) is 0 Å². The van der Waals surface area contributed by atoms with Crippen molar-refractivity contribution < 1.29 is 18.4 Å². The van der Waals surface area contributed by atoms with Gasteiger partial charge in [-0.25, -0.2) is 13.6 Å². The van der Waals surface area contributed by atoms with E-state index in [2.05, 4.69) is 16.4 Å². The number of halogens is 2. The molecule has 2 aromatic carbocycles. The molecule has 0 spiro atoms. The van der Waals surface area contributed by atoms with Gasteiger partial charge in [0, 0.05) is 91.1 Å². The fourth-order valence-corrected chi connectivity index (χ4v) is 8.47. The van der Waals surface area contributed by atoms with Crippen molar-refractivity contribution in [3.63, 3.8) is 0 Å². The standard InChI is InChI=1S/C33H39F2N7O3S/c1-5-28(44)40-14-21(4)41(15-20(40)3)32-25-12-19(2)29(24-7-6-22(34)13-26(24)35)31-30(25)42(33(45)37-32)23(18-46-31)16-38-8-10-39(11-9-38)17-27(36)43/h5-7,12-13,20-21,23H,1,8-11,14-18H2,2-4H3,(H2,36,43)/t20-,21+,23+/m1/s1. The van der Waals surface area contributed by atoms with Crippen molar-refractivity contribution in [2.75, 3.05) is 63.0 Å². The molecular weight excluding hydrogens is 612 g/mol. The van der Waals surface area contributed by atoms with Gasteiger partial charge in [0.05, 0.1) is 18.1 Å². The minimum absolute atomic E-state index is 0.132. The lowest BCUT2D eigenvalue weighted by molar-refractivity contribution is -0.128. The number of nitrogens with zero attached hydrogens (tertiary/aromatic N) is 6. The molecule has 3 aromatic rings. The Labute approximate surface area is 270 Å². The number of amides is 2. The Kier molecular flexibility index (Phi) is 8.92. The summed E-state index contributed by atoms with van der Waals surface area (Å²) in [6, 6.07) is 5.07. The number of hydrogen-bond donors (Lipinski definition) is 1. The molecule has 0 aliphatic carbocycles. The third-order valence-electron chi connectivity index (χ3n) is 9.36. The van der Waals surface area contributed by atoms with Crippen molar-refractivity contribution in [2.24, 2.45) is 5.73 Å². The van der Waals surface area contributed by atoms with Crippen molar-refractivity contribution in [1.82, 2.24) is 24.3 Å². The highest BCUT2D eigenvalue weighted by atomic mass is 32.2. The van der Waals surface area contributed by atoms with Gasteiger partial charge in [-0.3, -0.25) is 24.0 Å². The van der Waals surface area contributed by atoms with Crippen LogP contribution < -0.4 is 16.3 Å². The van der Waals surface area contributed by atoms with Gasteiger partial charge in [0.2, 0.25) is 11.8 Å². The molecule has 0 bridgehead atoms. The Morgan fingerprint density at radius 3 is 2.48 bits per heavy atom. The van der Waals surface area contributed by atoms with Crippen LogP contribution in [0.2, 0.25) is 0 Å². The second kappa shape index (κ2) is 12.8. The monoisotopic (exact) mass is 651 g/mol. The van der Waals surface area contributed by atoms with Crippen molar-refractivity contribution in [3.05, 3.63) is 64.6 Å². The maximum Gasteiger partial charge on any atom is 0.350 e. The van der Waals surface area contributed by atoms with Gasteiger partial charge in [0.1, 0.15) is 17.5 Å². The summed E-state index contributed by atoms with van der Waals surface area (Å²) in [6.07, 6.45) is 1.32. The van der Waals surface area contributed by atoms with Crippen LogP contribution in [0.5, 0.6) is 0 Å². The molecule has 2 amide bonds. The molecule has 13 heteroatoms. The summed E-state index contributed by atoms with van der Waals surface area (Å²) >= 11 is 1.58. The Balaban J connectivity index is 1.46. The van der Waals surface area contributed by atoms with E-state index in [9.17, 15) is 18.8 Å². The average Bonchev–Trinajstić information content (AvgIpc) is 3.01. The highest BCUT2D eigenvalue weighted by Crippen LogP contribution is 2.46. The van der Waals surface area contributed by atoms with Gasteiger partial charge in [-0.15, -0.1) is 11.8 Å². The minimum atomic E-state index is -0.663. The summed E-state index contributed by atoms with van der Waals surface area (Å²) in [5, 5.41) is 0.782. The van der Waals surface area contributed by atoms with Crippen LogP contribution >= 0.6 is 11.8 Å². The second-order valence-corrected chi connectivity index (χ2v) is 13.6. The fraction of sp³-hybridized carbons (Fsp3) is 0.455. The molecule has 3 atom stereocenters. The molecule has 10 nitrogen and oxygen atoms in total. The number of aryl methyl sites for hydroxylation is 1. The van der Waals surface area contributed by atoms with Crippen LogP contribution in [0.15, 0.2) is 46.6 Å². The van der Waals surface area contributed by atoms with Crippen molar-refractivity contribution >= 4 is 40.3 Å². The van der Waals surface area contributed by atoms with Gasteiger partial charge in [-0.05, 0) is 50.6 Å². The maximum absolute atomic E-state index is 15.3. The Bertz CT molecular complexity index is 1770. The highest BCUT2D eigenvalue weighted by Gasteiger charge is 2.36. The SMILES string of the molecule is C=CC(=O)N1C[C@H](C)N(c2nc(=O)n3c4c(c(-c5ccc(F)cc5F)c(C)cc24)SC[C@@H]3CN2CCN(CC(N)=O)CC2)C[C@H]1C. The summed E-state index contributed by atoms with van der Waals surface area (Å²) in [5.41, 5.74) is 7.41. The molecule has 0 saturated carbocycles. The van der Waals surface area contributed by atoms with Gasteiger partial charge in [-0.1, -0.05) is 6.58 Å². The summed E-state index contributed by atoms with van der Waals surface area (Å²) < 4.78 is 31.0. The van der Waals surface area contributed by atoms with Gasteiger partial charge in [-0.2, -0.15) is 4.98 Å². The first-order valence-corrected chi connectivity index (χ1v) is 16.6. The number of carbonyl (C=O) groups is 2. The summed E-state index contributed by atoms with van der Waals surface area (Å²) in [4.78, 5) is 51.7. The first-order chi connectivity index (χ1) is 22.0. The van der Waals surface area contributed by atoms with Crippen LogP contribution in [-0.2, 0) is 9.59 Å². The number of aromatic nitrogens is 2. The zero-order valence-electron chi connectivity index (χ0n) is 26.3. The molecular formula is C33H39F2N7O3S. The minimum Gasteiger partial charge on any atom is -0.369 e. The van der Waals surface area contributed by atoms with Crippen LogP contribution in [0.25, 0.3) is 22.0 Å². The van der Waals surface area contributed by atoms with E-state index < -0.39 is 11.6 Å². The lowest BCUT2D eigenvalue weighted by atomic mass is 9.96. The predicted molar refractivity (Wildman–Crippen MR) is 176 cm³/mol. The molecule has 3 aliphatic rings. The summed E-state index contributed by atoms with van der Waals surface area (Å²) in [6.45, 7) is 14.1. The molecule has 0 radical (unpaired) electrons. The van der Waals surface area contributed by atoms with Gasteiger partial charge >= 0.3 is 5.69 Å². The molecule has 4 heterocycles. The van der Waals surface area contributed by atoms with Crippen molar-refractivity contribution in [1.29, 1.82) is 0 Å². The van der Waals surface area contributed by atoms with E-state index in [1.54, 1.807) is 21.2 Å². The van der Waals surface area contributed by atoms with E-state index in [0.717, 1.165) is 35.0 Å². The van der Waals surface area contributed by atoms with E-state index in [4.69, 9.17) is 10.7 Å². The second-order valence-electron chi connectivity index (χ2n) is 12.6. The summed E-state index contributed by atoms with van der Waals surface area (Å²) in [5.74, 6) is -0.700. The number of carbonyl (C=O) groups excluding carboxylic acids is 2. The van der Waals surface area contributed by atoms with Crippen molar-refractivity contribution in [3.8, 4) is 11.1 Å². The molecule has 1 aromatic heterocycles. The maximum atomic E-state index is 15.3. The van der Waals surface area contributed by atoms with Gasteiger partial charge in [0.25, 0.3) is 0 Å². The van der Waals surface area contributed by atoms with Gasteiger partial charge < -0.3 is 15.5 Å². The molecule has 0 unspecified atom stereocenters. The molecule has 2 fully saturated rings. The van der Waals surface area contributed by atoms with E-state index in [0.29, 0.717) is 55.4 Å².